The molecular formula is C25H29N3O5. The third-order valence-electron chi connectivity index (χ3n) is 5.95. The minimum atomic E-state index is -0.672. The molecule has 1 fully saturated rings. The number of carbonyl (C=O) groups excluding carboxylic acids is 2. The minimum absolute atomic E-state index is 0.0760. The van der Waals surface area contributed by atoms with Crippen LogP contribution in [0.25, 0.3) is 0 Å². The van der Waals surface area contributed by atoms with Crippen molar-refractivity contribution in [3.8, 4) is 11.5 Å². The summed E-state index contributed by atoms with van der Waals surface area (Å²) in [6.07, 6.45) is 0.476. The molecule has 0 atom stereocenters. The molecule has 8 heteroatoms. The lowest BCUT2D eigenvalue weighted by atomic mass is 9.82. The molecule has 2 heterocycles. The second kappa shape index (κ2) is 9.23. The smallest absolute Gasteiger partial charge is 0.254 e. The average molecular weight is 452 g/mol. The summed E-state index contributed by atoms with van der Waals surface area (Å²) in [6.45, 7) is 5.98. The van der Waals surface area contributed by atoms with Crippen LogP contribution in [0.2, 0.25) is 0 Å². The molecule has 0 radical (unpaired) electrons. The predicted octanol–water partition coefficient (Wildman–Crippen LogP) is 3.34. The van der Waals surface area contributed by atoms with Crippen LogP contribution in [0, 0.1) is 5.41 Å². The van der Waals surface area contributed by atoms with E-state index < -0.39 is 5.41 Å². The summed E-state index contributed by atoms with van der Waals surface area (Å²) in [5, 5.41) is 6.11. The molecular weight excluding hydrogens is 422 g/mol. The Labute approximate surface area is 193 Å². The zero-order valence-electron chi connectivity index (χ0n) is 19.5. The van der Waals surface area contributed by atoms with Crippen LogP contribution in [-0.2, 0) is 9.53 Å². The Morgan fingerprint density at radius 1 is 1.03 bits per heavy atom. The zero-order valence-corrected chi connectivity index (χ0v) is 19.5. The molecule has 33 heavy (non-hydrogen) atoms. The van der Waals surface area contributed by atoms with Crippen LogP contribution in [0.15, 0.2) is 47.6 Å². The van der Waals surface area contributed by atoms with Gasteiger partial charge in [-0.3, -0.25) is 9.59 Å². The second-order valence-corrected chi connectivity index (χ2v) is 8.75. The minimum Gasteiger partial charge on any atom is -0.493 e. The van der Waals surface area contributed by atoms with E-state index in [-0.39, 0.29) is 11.8 Å². The molecule has 0 N–H and O–H groups in total. The van der Waals surface area contributed by atoms with Gasteiger partial charge in [-0.2, -0.15) is 10.1 Å². The molecule has 0 aromatic heterocycles. The number of anilines is 1. The number of hydrogen-bond acceptors (Lipinski definition) is 6. The van der Waals surface area contributed by atoms with Crippen molar-refractivity contribution in [3.63, 3.8) is 0 Å². The molecule has 1 saturated heterocycles. The summed E-state index contributed by atoms with van der Waals surface area (Å²) in [6, 6.07) is 12.7. The Bertz CT molecular complexity index is 1090. The molecule has 0 saturated carbocycles. The normalized spacial score (nSPS) is 18.1. The summed E-state index contributed by atoms with van der Waals surface area (Å²) in [4.78, 5) is 28.0. The van der Waals surface area contributed by atoms with Crippen molar-refractivity contribution in [2.75, 3.05) is 45.5 Å². The van der Waals surface area contributed by atoms with Crippen LogP contribution in [0.4, 0.5) is 5.69 Å². The molecule has 0 bridgehead atoms. The number of carbonyl (C=O) groups is 2. The van der Waals surface area contributed by atoms with Crippen LogP contribution in [-0.4, -0.2) is 62.9 Å². The van der Waals surface area contributed by atoms with Crippen molar-refractivity contribution in [3.05, 3.63) is 53.6 Å². The van der Waals surface area contributed by atoms with Crippen LogP contribution in [0.1, 0.15) is 36.2 Å². The fourth-order valence-electron chi connectivity index (χ4n) is 4.05. The van der Waals surface area contributed by atoms with Crippen molar-refractivity contribution in [1.82, 2.24) is 4.90 Å². The Kier molecular flexibility index (Phi) is 6.37. The predicted molar refractivity (Wildman–Crippen MR) is 125 cm³/mol. The summed E-state index contributed by atoms with van der Waals surface area (Å²) in [5.74, 6) is 1.02. The van der Waals surface area contributed by atoms with Crippen molar-refractivity contribution in [1.29, 1.82) is 0 Å². The van der Waals surface area contributed by atoms with E-state index in [4.69, 9.17) is 19.3 Å². The highest BCUT2D eigenvalue weighted by Gasteiger charge is 2.39. The number of rotatable bonds is 5. The summed E-state index contributed by atoms with van der Waals surface area (Å²) in [5.41, 5.74) is 2.01. The maximum Gasteiger partial charge on any atom is 0.254 e. The first kappa shape index (κ1) is 22.8. The van der Waals surface area contributed by atoms with E-state index in [2.05, 4.69) is 0 Å². The number of ether oxygens (including phenoxy) is 3. The Balaban J connectivity index is 1.70. The SMILES string of the molecule is COc1ccc(C2=NN(c3cccc(C(=O)N4CCOCC4)c3)C(=O)C(C)(C)C2)cc1OC. The molecule has 0 unspecified atom stereocenters. The van der Waals surface area contributed by atoms with Crippen LogP contribution < -0.4 is 14.5 Å². The van der Waals surface area contributed by atoms with Crippen molar-refractivity contribution in [2.45, 2.75) is 20.3 Å². The van der Waals surface area contributed by atoms with Gasteiger partial charge < -0.3 is 19.1 Å². The second-order valence-electron chi connectivity index (χ2n) is 8.75. The van der Waals surface area contributed by atoms with Gasteiger partial charge in [0.25, 0.3) is 11.8 Å². The molecule has 0 spiro atoms. The Morgan fingerprint density at radius 3 is 2.45 bits per heavy atom. The number of amides is 2. The van der Waals surface area contributed by atoms with Crippen molar-refractivity contribution in [2.24, 2.45) is 10.5 Å². The quantitative estimate of drug-likeness (QED) is 0.697. The van der Waals surface area contributed by atoms with Gasteiger partial charge in [-0.1, -0.05) is 19.9 Å². The van der Waals surface area contributed by atoms with Gasteiger partial charge >= 0.3 is 0 Å². The first-order valence-electron chi connectivity index (χ1n) is 11.0. The van der Waals surface area contributed by atoms with E-state index in [0.717, 1.165) is 11.3 Å². The first-order valence-corrected chi connectivity index (χ1v) is 11.0. The average Bonchev–Trinajstić information content (AvgIpc) is 2.85. The van der Waals surface area contributed by atoms with E-state index in [1.807, 2.05) is 32.0 Å². The number of benzene rings is 2. The number of methoxy groups -OCH3 is 2. The molecule has 2 aliphatic heterocycles. The Morgan fingerprint density at radius 2 is 1.76 bits per heavy atom. The lowest BCUT2D eigenvalue weighted by molar-refractivity contribution is -0.126. The van der Waals surface area contributed by atoms with E-state index in [0.29, 0.717) is 55.5 Å². The van der Waals surface area contributed by atoms with E-state index in [1.54, 1.807) is 43.4 Å². The lowest BCUT2D eigenvalue weighted by Gasteiger charge is -2.35. The fourth-order valence-corrected chi connectivity index (χ4v) is 4.05. The van der Waals surface area contributed by atoms with E-state index >= 15 is 0 Å². The Hall–Kier alpha value is -3.39. The molecule has 2 amide bonds. The number of morpholine rings is 1. The van der Waals surface area contributed by atoms with Crippen molar-refractivity contribution < 1.29 is 23.8 Å². The summed E-state index contributed by atoms with van der Waals surface area (Å²) < 4.78 is 16.1. The molecule has 0 aliphatic carbocycles. The highest BCUT2D eigenvalue weighted by molar-refractivity contribution is 6.11. The topological polar surface area (TPSA) is 80.7 Å². The molecule has 2 aliphatic rings. The van der Waals surface area contributed by atoms with Crippen molar-refractivity contribution >= 4 is 23.2 Å². The standard InChI is InChI=1S/C25H29N3O5/c1-25(2)16-20(17-8-9-21(31-3)22(15-17)32-4)26-28(24(25)30)19-7-5-6-18(14-19)23(29)27-10-12-33-13-11-27/h5-9,14-15H,10-13,16H2,1-4H3. The molecule has 2 aromatic rings. The van der Waals surface area contributed by atoms with Gasteiger partial charge in [0.05, 0.1) is 44.2 Å². The van der Waals surface area contributed by atoms with Gasteiger partial charge in [0.15, 0.2) is 11.5 Å². The summed E-state index contributed by atoms with van der Waals surface area (Å²) >= 11 is 0. The van der Waals surface area contributed by atoms with Gasteiger partial charge in [-0.05, 0) is 36.4 Å². The van der Waals surface area contributed by atoms with Gasteiger partial charge in [-0.25, -0.2) is 0 Å². The van der Waals surface area contributed by atoms with Crippen LogP contribution >= 0.6 is 0 Å². The fraction of sp³-hybridized carbons (Fsp3) is 0.400. The molecule has 4 rings (SSSR count). The van der Waals surface area contributed by atoms with Crippen LogP contribution in [0.3, 0.4) is 0 Å². The monoisotopic (exact) mass is 451 g/mol. The van der Waals surface area contributed by atoms with E-state index in [9.17, 15) is 9.59 Å². The lowest BCUT2D eigenvalue weighted by Crippen LogP contribution is -2.44. The number of hydrogen-bond donors (Lipinski definition) is 0. The summed E-state index contributed by atoms with van der Waals surface area (Å²) in [7, 11) is 3.17. The van der Waals surface area contributed by atoms with Gasteiger partial charge in [0.2, 0.25) is 0 Å². The van der Waals surface area contributed by atoms with Gasteiger partial charge in [0.1, 0.15) is 0 Å². The van der Waals surface area contributed by atoms with Crippen LogP contribution in [0.5, 0.6) is 11.5 Å². The maximum absolute atomic E-state index is 13.3. The first-order chi connectivity index (χ1) is 15.8. The third kappa shape index (κ3) is 4.57. The maximum atomic E-state index is 13.3. The highest BCUT2D eigenvalue weighted by Crippen LogP contribution is 2.36. The zero-order chi connectivity index (χ0) is 23.6. The molecule has 174 valence electrons. The van der Waals surface area contributed by atoms with Gasteiger partial charge in [0, 0.05) is 30.6 Å². The third-order valence-corrected chi connectivity index (χ3v) is 5.95. The highest BCUT2D eigenvalue weighted by atomic mass is 16.5. The van der Waals surface area contributed by atoms with E-state index in [1.165, 1.54) is 5.01 Å². The molecule has 2 aromatic carbocycles. The number of nitrogens with zero attached hydrogens (tertiary/aromatic N) is 3. The largest absolute Gasteiger partial charge is 0.493 e. The number of hydrazone groups is 1. The molecule has 8 nitrogen and oxygen atoms in total. The van der Waals surface area contributed by atoms with Gasteiger partial charge in [-0.15, -0.1) is 0 Å².